The van der Waals surface area contributed by atoms with Gasteiger partial charge in [0.2, 0.25) is 0 Å². The van der Waals surface area contributed by atoms with Gasteiger partial charge in [0.15, 0.2) is 0 Å². The van der Waals surface area contributed by atoms with E-state index in [1.54, 1.807) is 31.3 Å². The normalized spacial score (nSPS) is 10.5. The second-order valence-corrected chi connectivity index (χ2v) is 4.96. The van der Waals surface area contributed by atoms with Gasteiger partial charge >= 0.3 is 0 Å². The molecule has 2 N–H and O–H groups in total. The summed E-state index contributed by atoms with van der Waals surface area (Å²) in [7, 11) is 1.68. The third-order valence-electron chi connectivity index (χ3n) is 2.66. The molecule has 1 heterocycles. The van der Waals surface area contributed by atoms with Crippen molar-refractivity contribution in [3.63, 3.8) is 0 Å². The average molecular weight is 299 g/mol. The van der Waals surface area contributed by atoms with Crippen LogP contribution < -0.4 is 0 Å². The number of H-pyrrole nitrogens is 1. The molecule has 2 rings (SSSR count). The maximum absolute atomic E-state index is 12.1. The van der Waals surface area contributed by atoms with Crippen molar-refractivity contribution >= 4 is 29.1 Å². The fourth-order valence-electron chi connectivity index (χ4n) is 1.67. The van der Waals surface area contributed by atoms with Crippen molar-refractivity contribution in [1.82, 2.24) is 9.88 Å². The smallest absolute Gasteiger partial charge is 0.270 e. The first-order valence-electron chi connectivity index (χ1n) is 5.55. The molecule has 6 heteroatoms. The number of halogens is 2. The number of carbonyl (C=O) groups excluding carboxylic acids is 1. The summed E-state index contributed by atoms with van der Waals surface area (Å²) in [5, 5.41) is 9.77. The van der Waals surface area contributed by atoms with Crippen LogP contribution in [-0.4, -0.2) is 27.9 Å². The Bertz CT molecular complexity index is 574. The first kappa shape index (κ1) is 13.8. The van der Waals surface area contributed by atoms with Crippen molar-refractivity contribution in [3.8, 4) is 5.75 Å². The van der Waals surface area contributed by atoms with Crippen LogP contribution in [0.25, 0.3) is 0 Å². The van der Waals surface area contributed by atoms with E-state index in [0.717, 1.165) is 5.56 Å². The minimum absolute atomic E-state index is 0.195. The molecule has 0 fully saturated rings. The Balaban J connectivity index is 2.09. The third-order valence-corrected chi connectivity index (χ3v) is 3.35. The number of amides is 1. The minimum Gasteiger partial charge on any atom is -0.508 e. The molecule has 1 aromatic heterocycles. The van der Waals surface area contributed by atoms with Gasteiger partial charge < -0.3 is 15.0 Å². The summed E-state index contributed by atoms with van der Waals surface area (Å²) in [5.41, 5.74) is 1.26. The minimum atomic E-state index is -0.207. The molecule has 0 spiro atoms. The molecule has 0 atom stereocenters. The molecule has 0 aliphatic rings. The van der Waals surface area contributed by atoms with Gasteiger partial charge in [0.25, 0.3) is 5.91 Å². The number of aromatic amines is 1. The van der Waals surface area contributed by atoms with Crippen LogP contribution in [0.15, 0.2) is 30.3 Å². The van der Waals surface area contributed by atoms with Crippen LogP contribution in [-0.2, 0) is 6.54 Å². The van der Waals surface area contributed by atoms with Crippen molar-refractivity contribution in [1.29, 1.82) is 0 Å². The summed E-state index contributed by atoms with van der Waals surface area (Å²) in [6, 6.07) is 8.17. The number of aromatic hydroxyl groups is 1. The Kier molecular flexibility index (Phi) is 4.02. The van der Waals surface area contributed by atoms with E-state index < -0.39 is 0 Å². The molecular weight excluding hydrogens is 287 g/mol. The van der Waals surface area contributed by atoms with Crippen LogP contribution in [0.3, 0.4) is 0 Å². The van der Waals surface area contributed by atoms with E-state index in [1.807, 2.05) is 0 Å². The Morgan fingerprint density at radius 2 is 1.95 bits per heavy atom. The van der Waals surface area contributed by atoms with Gasteiger partial charge in [-0.25, -0.2) is 0 Å². The largest absolute Gasteiger partial charge is 0.508 e. The van der Waals surface area contributed by atoms with Gasteiger partial charge in [-0.05, 0) is 23.8 Å². The lowest BCUT2D eigenvalue weighted by atomic mass is 10.2. The number of nitrogens with zero attached hydrogens (tertiary/aromatic N) is 1. The van der Waals surface area contributed by atoms with Crippen molar-refractivity contribution in [2.24, 2.45) is 0 Å². The summed E-state index contributed by atoms with van der Waals surface area (Å²) in [5.74, 6) is -0.0115. The molecule has 0 bridgehead atoms. The molecule has 2 aromatic rings. The number of phenols is 1. The first-order valence-corrected chi connectivity index (χ1v) is 6.30. The van der Waals surface area contributed by atoms with Crippen LogP contribution in [0, 0.1) is 0 Å². The number of hydrogen-bond acceptors (Lipinski definition) is 2. The highest BCUT2D eigenvalue weighted by molar-refractivity contribution is 6.41. The van der Waals surface area contributed by atoms with Crippen LogP contribution in [0.1, 0.15) is 16.1 Å². The molecule has 0 aliphatic carbocycles. The molecule has 0 radical (unpaired) electrons. The van der Waals surface area contributed by atoms with E-state index in [-0.39, 0.29) is 16.8 Å². The van der Waals surface area contributed by atoms with Crippen LogP contribution >= 0.6 is 23.2 Å². The molecule has 1 aromatic carbocycles. The zero-order valence-electron chi connectivity index (χ0n) is 10.2. The molecule has 4 nitrogen and oxygen atoms in total. The highest BCUT2D eigenvalue weighted by atomic mass is 35.5. The zero-order valence-corrected chi connectivity index (χ0v) is 11.7. The van der Waals surface area contributed by atoms with E-state index in [2.05, 4.69) is 4.98 Å². The molecule has 0 unspecified atom stereocenters. The zero-order chi connectivity index (χ0) is 14.0. The van der Waals surface area contributed by atoms with E-state index in [4.69, 9.17) is 23.2 Å². The second kappa shape index (κ2) is 5.55. The number of phenolic OH excluding ortho intramolecular Hbond substituents is 1. The molecule has 0 aliphatic heterocycles. The van der Waals surface area contributed by atoms with Crippen molar-refractivity contribution in [2.75, 3.05) is 7.05 Å². The van der Waals surface area contributed by atoms with Gasteiger partial charge in [-0.3, -0.25) is 4.79 Å². The summed E-state index contributed by atoms with van der Waals surface area (Å²) in [6.07, 6.45) is 0. The maximum atomic E-state index is 12.1. The number of nitrogens with one attached hydrogen (secondary N) is 1. The predicted molar refractivity (Wildman–Crippen MR) is 74.7 cm³/mol. The lowest BCUT2D eigenvalue weighted by molar-refractivity contribution is 0.0780. The molecule has 1 amide bonds. The van der Waals surface area contributed by atoms with Crippen LogP contribution in [0.4, 0.5) is 0 Å². The predicted octanol–water partition coefficient (Wildman–Crippen LogP) is 3.30. The van der Waals surface area contributed by atoms with Crippen molar-refractivity contribution in [2.45, 2.75) is 6.54 Å². The average Bonchev–Trinajstić information content (AvgIpc) is 2.71. The van der Waals surface area contributed by atoms with Gasteiger partial charge in [0, 0.05) is 13.6 Å². The summed E-state index contributed by atoms with van der Waals surface area (Å²) in [4.78, 5) is 16.4. The topological polar surface area (TPSA) is 56.3 Å². The van der Waals surface area contributed by atoms with E-state index in [9.17, 15) is 9.90 Å². The SMILES string of the molecule is CN(Cc1ccc(O)cc1)C(=O)c1cc(Cl)c(Cl)[nH]1. The molecule has 0 saturated heterocycles. The fraction of sp³-hybridized carbons (Fsp3) is 0.154. The molecule has 0 saturated carbocycles. The van der Waals surface area contributed by atoms with Gasteiger partial charge in [-0.15, -0.1) is 0 Å². The van der Waals surface area contributed by atoms with E-state index in [1.165, 1.54) is 11.0 Å². The van der Waals surface area contributed by atoms with Crippen molar-refractivity contribution < 1.29 is 9.90 Å². The Labute approximate surface area is 120 Å². The highest BCUT2D eigenvalue weighted by Crippen LogP contribution is 2.22. The van der Waals surface area contributed by atoms with Gasteiger partial charge in [0.1, 0.15) is 16.6 Å². The Morgan fingerprint density at radius 3 is 2.47 bits per heavy atom. The lowest BCUT2D eigenvalue weighted by Crippen LogP contribution is -2.26. The monoisotopic (exact) mass is 298 g/mol. The molecule has 100 valence electrons. The number of hydrogen-bond donors (Lipinski definition) is 2. The third kappa shape index (κ3) is 3.22. The fourth-order valence-corrected chi connectivity index (χ4v) is 1.98. The molecule has 19 heavy (non-hydrogen) atoms. The van der Waals surface area contributed by atoms with Gasteiger partial charge in [-0.2, -0.15) is 0 Å². The Morgan fingerprint density at radius 1 is 1.32 bits per heavy atom. The number of aromatic nitrogens is 1. The van der Waals surface area contributed by atoms with Gasteiger partial charge in [0.05, 0.1) is 5.02 Å². The number of rotatable bonds is 3. The Hall–Kier alpha value is -1.65. The van der Waals surface area contributed by atoms with Crippen LogP contribution in [0.5, 0.6) is 5.75 Å². The number of benzene rings is 1. The standard InChI is InChI=1S/C13H12Cl2N2O2/c1-17(7-8-2-4-9(18)5-3-8)13(19)11-6-10(14)12(15)16-11/h2-6,16,18H,7H2,1H3. The quantitative estimate of drug-likeness (QED) is 0.913. The van der Waals surface area contributed by atoms with E-state index in [0.29, 0.717) is 17.3 Å². The second-order valence-electron chi connectivity index (χ2n) is 4.17. The van der Waals surface area contributed by atoms with E-state index >= 15 is 0 Å². The maximum Gasteiger partial charge on any atom is 0.270 e. The first-order chi connectivity index (χ1) is 8.97. The van der Waals surface area contributed by atoms with Gasteiger partial charge in [-0.1, -0.05) is 35.3 Å². The highest BCUT2D eigenvalue weighted by Gasteiger charge is 2.16. The summed E-state index contributed by atoms with van der Waals surface area (Å²) in [6.45, 7) is 0.424. The van der Waals surface area contributed by atoms with Crippen LogP contribution in [0.2, 0.25) is 10.2 Å². The molecular formula is C13H12Cl2N2O2. The number of carbonyl (C=O) groups is 1. The summed E-state index contributed by atoms with van der Waals surface area (Å²) < 4.78 is 0. The van der Waals surface area contributed by atoms with Crippen molar-refractivity contribution in [3.05, 3.63) is 51.8 Å². The lowest BCUT2D eigenvalue weighted by Gasteiger charge is -2.16. The summed E-state index contributed by atoms with van der Waals surface area (Å²) >= 11 is 11.6.